The second-order valence-electron chi connectivity index (χ2n) is 7.02. The fraction of sp³-hybridized carbons (Fsp3) is 0.316. The van der Waals surface area contributed by atoms with Gasteiger partial charge in [-0.2, -0.15) is 0 Å². The molecular formula is C19H22N4O5S. The van der Waals surface area contributed by atoms with Crippen molar-refractivity contribution in [2.45, 2.75) is 24.7 Å². The van der Waals surface area contributed by atoms with Gasteiger partial charge < -0.3 is 10.6 Å². The number of carbonyl (C=O) groups is 1. The molecule has 0 bridgehead atoms. The molecule has 29 heavy (non-hydrogen) atoms. The fourth-order valence-corrected chi connectivity index (χ4v) is 4.71. The Kier molecular flexibility index (Phi) is 5.73. The SMILES string of the molecule is Cc1cc([N+](=O)[O-])ccc1S(=O)(=O)Nc1ccc(N2CCC(C(N)=O)CC2)cc1. The molecule has 3 rings (SSSR count). The Morgan fingerprint density at radius 1 is 1.17 bits per heavy atom. The van der Waals surface area contributed by atoms with Gasteiger partial charge in [-0.3, -0.25) is 19.6 Å². The summed E-state index contributed by atoms with van der Waals surface area (Å²) in [7, 11) is -3.88. The van der Waals surface area contributed by atoms with E-state index in [1.165, 1.54) is 25.1 Å². The van der Waals surface area contributed by atoms with Gasteiger partial charge in [-0.25, -0.2) is 8.42 Å². The van der Waals surface area contributed by atoms with E-state index in [2.05, 4.69) is 9.62 Å². The maximum absolute atomic E-state index is 12.7. The van der Waals surface area contributed by atoms with Gasteiger partial charge in [0, 0.05) is 42.5 Å². The third-order valence-electron chi connectivity index (χ3n) is 5.04. The van der Waals surface area contributed by atoms with Crippen molar-refractivity contribution in [1.82, 2.24) is 0 Å². The number of non-ortho nitro benzene ring substituents is 1. The molecule has 2 aromatic rings. The smallest absolute Gasteiger partial charge is 0.269 e. The summed E-state index contributed by atoms with van der Waals surface area (Å²) in [5, 5.41) is 10.8. The van der Waals surface area contributed by atoms with E-state index >= 15 is 0 Å². The van der Waals surface area contributed by atoms with Crippen LogP contribution in [0.4, 0.5) is 17.1 Å². The van der Waals surface area contributed by atoms with E-state index in [-0.39, 0.29) is 22.4 Å². The molecule has 3 N–H and O–H groups in total. The molecule has 1 aliphatic heterocycles. The molecule has 0 saturated carbocycles. The highest BCUT2D eigenvalue weighted by atomic mass is 32.2. The second kappa shape index (κ2) is 8.08. The number of aryl methyl sites for hydroxylation is 1. The molecule has 0 aliphatic carbocycles. The highest BCUT2D eigenvalue weighted by molar-refractivity contribution is 7.92. The summed E-state index contributed by atoms with van der Waals surface area (Å²) in [6, 6.07) is 10.6. The first-order valence-corrected chi connectivity index (χ1v) is 10.6. The predicted octanol–water partition coefficient (Wildman–Crippen LogP) is 2.41. The Balaban J connectivity index is 1.71. The molecule has 1 amide bonds. The number of piperidine rings is 1. The Morgan fingerprint density at radius 2 is 1.79 bits per heavy atom. The van der Waals surface area contributed by atoms with Gasteiger partial charge in [0.25, 0.3) is 15.7 Å². The van der Waals surface area contributed by atoms with Gasteiger partial charge in [-0.15, -0.1) is 0 Å². The highest BCUT2D eigenvalue weighted by Gasteiger charge is 2.23. The summed E-state index contributed by atoms with van der Waals surface area (Å²) in [4.78, 5) is 23.6. The van der Waals surface area contributed by atoms with E-state index in [9.17, 15) is 23.3 Å². The molecule has 0 unspecified atom stereocenters. The fourth-order valence-electron chi connectivity index (χ4n) is 3.42. The first-order chi connectivity index (χ1) is 13.7. The van der Waals surface area contributed by atoms with Gasteiger partial charge >= 0.3 is 0 Å². The molecule has 10 heteroatoms. The lowest BCUT2D eigenvalue weighted by Gasteiger charge is -2.32. The summed E-state index contributed by atoms with van der Waals surface area (Å²) in [5.74, 6) is -0.363. The molecule has 1 saturated heterocycles. The highest BCUT2D eigenvalue weighted by Crippen LogP contribution is 2.27. The number of primary amides is 1. The molecule has 1 heterocycles. The minimum Gasteiger partial charge on any atom is -0.371 e. The number of benzene rings is 2. The van der Waals surface area contributed by atoms with Crippen LogP contribution >= 0.6 is 0 Å². The lowest BCUT2D eigenvalue weighted by atomic mass is 9.96. The van der Waals surface area contributed by atoms with E-state index < -0.39 is 14.9 Å². The van der Waals surface area contributed by atoms with Crippen LogP contribution in [0.3, 0.4) is 0 Å². The maximum Gasteiger partial charge on any atom is 0.269 e. The quantitative estimate of drug-likeness (QED) is 0.546. The van der Waals surface area contributed by atoms with Crippen molar-refractivity contribution >= 4 is 33.0 Å². The molecule has 0 aromatic heterocycles. The van der Waals surface area contributed by atoms with Crippen molar-refractivity contribution in [3.05, 3.63) is 58.1 Å². The van der Waals surface area contributed by atoms with Crippen molar-refractivity contribution in [2.24, 2.45) is 11.7 Å². The first-order valence-electron chi connectivity index (χ1n) is 9.09. The minimum absolute atomic E-state index is 0.0132. The number of nitrogens with two attached hydrogens (primary N) is 1. The third-order valence-corrected chi connectivity index (χ3v) is 6.58. The van der Waals surface area contributed by atoms with Crippen LogP contribution in [0.25, 0.3) is 0 Å². The summed E-state index contributed by atoms with van der Waals surface area (Å²) in [6.45, 7) is 2.93. The van der Waals surface area contributed by atoms with E-state index in [0.29, 0.717) is 37.2 Å². The van der Waals surface area contributed by atoms with Crippen LogP contribution in [0.15, 0.2) is 47.4 Å². The summed E-state index contributed by atoms with van der Waals surface area (Å²) >= 11 is 0. The molecule has 0 atom stereocenters. The van der Waals surface area contributed by atoms with Crippen LogP contribution in [0, 0.1) is 23.0 Å². The number of nitro groups is 1. The van der Waals surface area contributed by atoms with Gasteiger partial charge in [-0.05, 0) is 55.7 Å². The minimum atomic E-state index is -3.88. The zero-order valence-corrected chi connectivity index (χ0v) is 16.7. The van der Waals surface area contributed by atoms with Crippen LogP contribution in [-0.4, -0.2) is 32.3 Å². The van der Waals surface area contributed by atoms with Crippen molar-refractivity contribution in [3.8, 4) is 0 Å². The summed E-state index contributed by atoms with van der Waals surface area (Å²) in [5.41, 5.74) is 6.81. The zero-order chi connectivity index (χ0) is 21.2. The first kappa shape index (κ1) is 20.6. The number of rotatable bonds is 6. The Morgan fingerprint density at radius 3 is 2.31 bits per heavy atom. The van der Waals surface area contributed by atoms with Crippen LogP contribution in [0.5, 0.6) is 0 Å². The van der Waals surface area contributed by atoms with Crippen LogP contribution in [0.1, 0.15) is 18.4 Å². The number of hydrogen-bond donors (Lipinski definition) is 2. The number of hydrogen-bond acceptors (Lipinski definition) is 6. The van der Waals surface area contributed by atoms with E-state index in [4.69, 9.17) is 5.73 Å². The topological polar surface area (TPSA) is 136 Å². The largest absolute Gasteiger partial charge is 0.371 e. The molecule has 2 aromatic carbocycles. The molecule has 154 valence electrons. The number of nitrogens with one attached hydrogen (secondary N) is 1. The van der Waals surface area contributed by atoms with Gasteiger partial charge in [0.15, 0.2) is 0 Å². The van der Waals surface area contributed by atoms with Crippen molar-refractivity contribution in [3.63, 3.8) is 0 Å². The number of carbonyl (C=O) groups excluding carboxylic acids is 1. The van der Waals surface area contributed by atoms with Crippen molar-refractivity contribution in [2.75, 3.05) is 22.7 Å². The third kappa shape index (κ3) is 4.65. The summed E-state index contributed by atoms with van der Waals surface area (Å²) < 4.78 is 27.8. The number of sulfonamides is 1. The standard InChI is InChI=1S/C19H22N4O5S/c1-13-12-17(23(25)26)6-7-18(13)29(27,28)21-15-2-4-16(5-3-15)22-10-8-14(9-11-22)19(20)24/h2-7,12,14,21H,8-11H2,1H3,(H2,20,24). The van der Waals surface area contributed by atoms with Gasteiger partial charge in [0.1, 0.15) is 0 Å². The number of amides is 1. The van der Waals surface area contributed by atoms with E-state index in [1.54, 1.807) is 12.1 Å². The van der Waals surface area contributed by atoms with Crippen molar-refractivity contribution in [1.29, 1.82) is 0 Å². The maximum atomic E-state index is 12.7. The Bertz CT molecular complexity index is 1030. The Hall–Kier alpha value is -3.14. The van der Waals surface area contributed by atoms with E-state index in [1.807, 2.05) is 12.1 Å². The zero-order valence-electron chi connectivity index (χ0n) is 15.9. The number of nitrogens with zero attached hydrogens (tertiary/aromatic N) is 2. The lowest BCUT2D eigenvalue weighted by Crippen LogP contribution is -2.38. The van der Waals surface area contributed by atoms with E-state index in [0.717, 1.165) is 5.69 Å². The molecule has 1 aliphatic rings. The Labute approximate surface area is 168 Å². The van der Waals surface area contributed by atoms with Crippen molar-refractivity contribution < 1.29 is 18.1 Å². The van der Waals surface area contributed by atoms with Crippen LogP contribution in [-0.2, 0) is 14.8 Å². The van der Waals surface area contributed by atoms with Crippen LogP contribution in [0.2, 0.25) is 0 Å². The normalized spacial score (nSPS) is 15.1. The predicted molar refractivity (Wildman–Crippen MR) is 109 cm³/mol. The second-order valence-corrected chi connectivity index (χ2v) is 8.67. The molecule has 0 radical (unpaired) electrons. The van der Waals surface area contributed by atoms with Gasteiger partial charge in [0.05, 0.1) is 9.82 Å². The van der Waals surface area contributed by atoms with Gasteiger partial charge in [-0.1, -0.05) is 0 Å². The average molecular weight is 418 g/mol. The lowest BCUT2D eigenvalue weighted by molar-refractivity contribution is -0.385. The van der Waals surface area contributed by atoms with Crippen LogP contribution < -0.4 is 15.4 Å². The monoisotopic (exact) mass is 418 g/mol. The summed E-state index contributed by atoms with van der Waals surface area (Å²) in [6.07, 6.45) is 1.40. The molecule has 1 fully saturated rings. The average Bonchev–Trinajstić information content (AvgIpc) is 2.68. The molecule has 9 nitrogen and oxygen atoms in total. The number of nitro benzene ring substituents is 1. The molecule has 0 spiro atoms. The van der Waals surface area contributed by atoms with Gasteiger partial charge in [0.2, 0.25) is 5.91 Å². The number of anilines is 2. The molecular weight excluding hydrogens is 396 g/mol.